The Morgan fingerprint density at radius 1 is 0.912 bits per heavy atom. The molecule has 4 aromatic rings. The van der Waals surface area contributed by atoms with Crippen molar-refractivity contribution in [3.05, 3.63) is 106 Å². The molecule has 0 aliphatic heterocycles. The standard InChI is InChI=1S/C24H19N3O5S2/c1-15-7-13-19(14-8-15)34(31,32)27-20(21(28)16-5-3-2-4-6-16)22(26-24(27)33)25-18-11-9-17(10-12-18)23(29)30/h2-14,25H,1H3,(H,26,33)(H,29,30). The Morgan fingerprint density at radius 2 is 1.53 bits per heavy atom. The number of carbonyl (C=O) groups is 2. The lowest BCUT2D eigenvalue weighted by Crippen LogP contribution is -2.20. The summed E-state index contributed by atoms with van der Waals surface area (Å²) in [6.45, 7) is 1.83. The predicted molar refractivity (Wildman–Crippen MR) is 130 cm³/mol. The van der Waals surface area contributed by atoms with Crippen LogP contribution in [0.5, 0.6) is 0 Å². The molecule has 3 aromatic carbocycles. The monoisotopic (exact) mass is 493 g/mol. The van der Waals surface area contributed by atoms with Gasteiger partial charge in [-0.3, -0.25) is 4.79 Å². The van der Waals surface area contributed by atoms with Crippen molar-refractivity contribution in [3.8, 4) is 0 Å². The summed E-state index contributed by atoms with van der Waals surface area (Å²) in [6, 6.07) is 20.2. The topological polar surface area (TPSA) is 121 Å². The minimum Gasteiger partial charge on any atom is -0.478 e. The van der Waals surface area contributed by atoms with Gasteiger partial charge in [-0.15, -0.1) is 0 Å². The Balaban J connectivity index is 1.89. The third-order valence-electron chi connectivity index (χ3n) is 5.07. The highest BCUT2D eigenvalue weighted by atomic mass is 32.2. The summed E-state index contributed by atoms with van der Waals surface area (Å²) >= 11 is 5.33. The van der Waals surface area contributed by atoms with Crippen LogP contribution in [-0.4, -0.2) is 34.2 Å². The summed E-state index contributed by atoms with van der Waals surface area (Å²) in [6.07, 6.45) is 0. The van der Waals surface area contributed by atoms with Gasteiger partial charge in [-0.1, -0.05) is 48.0 Å². The van der Waals surface area contributed by atoms with E-state index in [2.05, 4.69) is 10.3 Å². The van der Waals surface area contributed by atoms with Gasteiger partial charge in [0.2, 0.25) is 5.78 Å². The number of carboxylic acid groups (broad SMARTS) is 1. The zero-order chi connectivity index (χ0) is 24.5. The van der Waals surface area contributed by atoms with Crippen molar-refractivity contribution in [1.82, 2.24) is 8.96 Å². The fourth-order valence-corrected chi connectivity index (χ4v) is 5.18. The summed E-state index contributed by atoms with van der Waals surface area (Å²) in [5.74, 6) is -1.58. The van der Waals surface area contributed by atoms with Gasteiger partial charge >= 0.3 is 5.97 Å². The number of nitrogens with zero attached hydrogens (tertiary/aromatic N) is 1. The van der Waals surface area contributed by atoms with E-state index in [9.17, 15) is 18.0 Å². The maximum atomic E-state index is 13.5. The zero-order valence-corrected chi connectivity index (χ0v) is 19.5. The number of nitrogens with one attached hydrogen (secondary N) is 2. The number of aryl methyl sites for hydroxylation is 1. The van der Waals surface area contributed by atoms with Crippen molar-refractivity contribution in [2.45, 2.75) is 11.8 Å². The third-order valence-corrected chi connectivity index (χ3v) is 7.18. The first-order valence-corrected chi connectivity index (χ1v) is 11.9. The molecule has 3 N–H and O–H groups in total. The van der Waals surface area contributed by atoms with Crippen LogP contribution in [-0.2, 0) is 10.0 Å². The Hall–Kier alpha value is -4.02. The molecule has 0 saturated heterocycles. The van der Waals surface area contributed by atoms with E-state index in [1.807, 2.05) is 6.92 Å². The molecule has 0 spiro atoms. The van der Waals surface area contributed by atoms with Gasteiger partial charge < -0.3 is 15.4 Å². The van der Waals surface area contributed by atoms with E-state index in [0.717, 1.165) is 9.54 Å². The number of aromatic carboxylic acids is 1. The number of carboxylic acids is 1. The normalized spacial score (nSPS) is 11.2. The van der Waals surface area contributed by atoms with Crippen molar-refractivity contribution in [2.75, 3.05) is 5.32 Å². The minimum atomic E-state index is -4.22. The van der Waals surface area contributed by atoms with E-state index in [-0.39, 0.29) is 32.3 Å². The molecule has 0 aliphatic rings. The van der Waals surface area contributed by atoms with Crippen LogP contribution in [0.1, 0.15) is 32.0 Å². The summed E-state index contributed by atoms with van der Waals surface area (Å²) in [5, 5.41) is 12.1. The minimum absolute atomic E-state index is 0.0207. The lowest BCUT2D eigenvalue weighted by molar-refractivity contribution is 0.0696. The number of hydrogen-bond donors (Lipinski definition) is 3. The van der Waals surface area contributed by atoms with Crippen LogP contribution in [0.25, 0.3) is 0 Å². The number of ketones is 1. The van der Waals surface area contributed by atoms with Gasteiger partial charge in [0.1, 0.15) is 11.5 Å². The summed E-state index contributed by atoms with van der Waals surface area (Å²) in [5.41, 5.74) is 1.47. The second-order valence-electron chi connectivity index (χ2n) is 7.44. The molecule has 8 nitrogen and oxygen atoms in total. The van der Waals surface area contributed by atoms with Gasteiger partial charge in [0, 0.05) is 11.3 Å². The van der Waals surface area contributed by atoms with Gasteiger partial charge in [-0.05, 0) is 55.5 Å². The van der Waals surface area contributed by atoms with Gasteiger partial charge in [0.05, 0.1) is 10.5 Å². The zero-order valence-electron chi connectivity index (χ0n) is 17.8. The average molecular weight is 494 g/mol. The van der Waals surface area contributed by atoms with E-state index >= 15 is 0 Å². The molecule has 172 valence electrons. The summed E-state index contributed by atoms with van der Waals surface area (Å²) < 4.78 is 27.7. The first-order chi connectivity index (χ1) is 16.2. The van der Waals surface area contributed by atoms with E-state index in [0.29, 0.717) is 5.69 Å². The fraction of sp³-hybridized carbons (Fsp3) is 0.0417. The summed E-state index contributed by atoms with van der Waals surface area (Å²) in [4.78, 5) is 27.4. The predicted octanol–water partition coefficient (Wildman–Crippen LogP) is 4.76. The second-order valence-corrected chi connectivity index (χ2v) is 9.61. The molecule has 0 saturated carbocycles. The van der Waals surface area contributed by atoms with Crippen molar-refractivity contribution in [2.24, 2.45) is 0 Å². The number of rotatable bonds is 7. The molecule has 0 amide bonds. The van der Waals surface area contributed by atoms with Gasteiger partial charge in [0.25, 0.3) is 10.0 Å². The molecule has 0 fully saturated rings. The molecule has 0 bridgehead atoms. The van der Waals surface area contributed by atoms with Crippen molar-refractivity contribution < 1.29 is 23.1 Å². The molecule has 0 atom stereocenters. The number of hydrogen-bond acceptors (Lipinski definition) is 6. The van der Waals surface area contributed by atoms with Crippen molar-refractivity contribution >= 4 is 45.5 Å². The highest BCUT2D eigenvalue weighted by Crippen LogP contribution is 2.27. The Labute approximate surface area is 200 Å². The molecule has 1 aromatic heterocycles. The number of aromatic nitrogens is 2. The van der Waals surface area contributed by atoms with Gasteiger partial charge in [0.15, 0.2) is 4.77 Å². The third kappa shape index (κ3) is 4.41. The smallest absolute Gasteiger partial charge is 0.335 e. The SMILES string of the molecule is Cc1ccc(S(=O)(=O)n2c(C(=O)c3ccccc3)c(Nc3ccc(C(=O)O)cc3)[nH]c2=S)cc1. The number of anilines is 2. The van der Waals surface area contributed by atoms with Crippen LogP contribution in [0.2, 0.25) is 0 Å². The molecule has 1 heterocycles. The summed E-state index contributed by atoms with van der Waals surface area (Å²) in [7, 11) is -4.22. The Bertz CT molecular complexity index is 1540. The lowest BCUT2D eigenvalue weighted by atomic mass is 10.1. The van der Waals surface area contributed by atoms with Crippen LogP contribution in [0.4, 0.5) is 11.5 Å². The quantitative estimate of drug-likeness (QED) is 0.251. The van der Waals surface area contributed by atoms with E-state index < -0.39 is 21.8 Å². The number of carbonyl (C=O) groups excluding carboxylic acids is 1. The maximum Gasteiger partial charge on any atom is 0.335 e. The highest BCUT2D eigenvalue weighted by molar-refractivity contribution is 7.90. The van der Waals surface area contributed by atoms with Crippen LogP contribution < -0.4 is 5.32 Å². The van der Waals surface area contributed by atoms with Crippen LogP contribution in [0.15, 0.2) is 83.8 Å². The van der Waals surface area contributed by atoms with E-state index in [1.165, 1.54) is 36.4 Å². The molecule has 4 rings (SSSR count). The van der Waals surface area contributed by atoms with E-state index in [1.54, 1.807) is 42.5 Å². The number of H-pyrrole nitrogens is 1. The average Bonchev–Trinajstić information content (AvgIpc) is 3.16. The Morgan fingerprint density at radius 3 is 2.12 bits per heavy atom. The first-order valence-electron chi connectivity index (χ1n) is 10.1. The Kier molecular flexibility index (Phi) is 6.18. The molecule has 10 heteroatoms. The maximum absolute atomic E-state index is 13.5. The van der Waals surface area contributed by atoms with Gasteiger partial charge in [-0.25, -0.2) is 17.2 Å². The van der Waals surface area contributed by atoms with Gasteiger partial charge in [-0.2, -0.15) is 0 Å². The van der Waals surface area contributed by atoms with Crippen LogP contribution in [0, 0.1) is 11.7 Å². The molecule has 0 aliphatic carbocycles. The molecule has 0 unspecified atom stereocenters. The molecular formula is C24H19N3O5S2. The van der Waals surface area contributed by atoms with Crippen LogP contribution >= 0.6 is 12.2 Å². The highest BCUT2D eigenvalue weighted by Gasteiger charge is 2.29. The molecule has 0 radical (unpaired) electrons. The number of aromatic amines is 1. The number of imidazole rings is 1. The molecule has 34 heavy (non-hydrogen) atoms. The fourth-order valence-electron chi connectivity index (χ4n) is 3.33. The van der Waals surface area contributed by atoms with Crippen LogP contribution in [0.3, 0.4) is 0 Å². The second kappa shape index (κ2) is 9.08. The van der Waals surface area contributed by atoms with E-state index in [4.69, 9.17) is 17.3 Å². The van der Waals surface area contributed by atoms with Crippen molar-refractivity contribution in [3.63, 3.8) is 0 Å². The largest absolute Gasteiger partial charge is 0.478 e. The number of benzene rings is 3. The first kappa shape index (κ1) is 23.1. The molecular weight excluding hydrogens is 474 g/mol. The van der Waals surface area contributed by atoms with Crippen molar-refractivity contribution in [1.29, 1.82) is 0 Å². The lowest BCUT2D eigenvalue weighted by Gasteiger charge is -2.12.